The number of ether oxygens (including phenoxy) is 2. The fourth-order valence-corrected chi connectivity index (χ4v) is 6.17. The van der Waals surface area contributed by atoms with Gasteiger partial charge in [0.2, 0.25) is 0 Å². The lowest BCUT2D eigenvalue weighted by molar-refractivity contribution is 0.181. The number of sulfone groups is 1. The number of halogens is 1. The molecule has 2 aromatic heterocycles. The SMILES string of the molecule is COc1ccc(N2CCOC2=O)cc1-n1c(CS(=O)(=O)CCc2ccc(Cl)cc2)nnc1-c1cccs1. The highest BCUT2D eigenvalue weighted by Crippen LogP contribution is 2.35. The normalized spacial score (nSPS) is 13.7. The topological polar surface area (TPSA) is 104 Å². The molecule has 1 amide bonds. The number of hydrogen-bond acceptors (Lipinski definition) is 8. The van der Waals surface area contributed by atoms with Gasteiger partial charge in [0.15, 0.2) is 21.5 Å². The first kappa shape index (κ1) is 25.2. The van der Waals surface area contributed by atoms with E-state index >= 15 is 0 Å². The van der Waals surface area contributed by atoms with Crippen molar-refractivity contribution in [2.75, 3.05) is 30.9 Å². The van der Waals surface area contributed by atoms with Crippen LogP contribution in [0, 0.1) is 0 Å². The molecule has 0 N–H and O–H groups in total. The Kier molecular flexibility index (Phi) is 7.18. The summed E-state index contributed by atoms with van der Waals surface area (Å²) in [6.45, 7) is 0.709. The molecule has 0 radical (unpaired) electrons. The van der Waals surface area contributed by atoms with Crippen molar-refractivity contribution in [3.8, 4) is 22.1 Å². The second-order valence-electron chi connectivity index (χ2n) is 8.34. The first-order valence-corrected chi connectivity index (χ1v) is 14.5. The van der Waals surface area contributed by atoms with E-state index in [-0.39, 0.29) is 17.3 Å². The maximum absolute atomic E-state index is 13.2. The average Bonchev–Trinajstić information content (AvgIpc) is 3.64. The van der Waals surface area contributed by atoms with Crippen LogP contribution < -0.4 is 9.64 Å². The van der Waals surface area contributed by atoms with Crippen molar-refractivity contribution in [3.63, 3.8) is 0 Å². The number of hydrogen-bond donors (Lipinski definition) is 0. The molecule has 4 aromatic rings. The number of amides is 1. The van der Waals surface area contributed by atoms with Gasteiger partial charge in [0.25, 0.3) is 0 Å². The number of rotatable bonds is 9. The molecule has 3 heterocycles. The van der Waals surface area contributed by atoms with Crippen LogP contribution >= 0.6 is 22.9 Å². The monoisotopic (exact) mass is 558 g/mol. The summed E-state index contributed by atoms with van der Waals surface area (Å²) in [6, 6.07) is 16.1. The number of thiophene rings is 1. The highest BCUT2D eigenvalue weighted by Gasteiger charge is 2.27. The smallest absolute Gasteiger partial charge is 0.414 e. The number of aryl methyl sites for hydroxylation is 1. The minimum atomic E-state index is -3.56. The van der Waals surface area contributed by atoms with Crippen LogP contribution in [0.25, 0.3) is 16.4 Å². The maximum Gasteiger partial charge on any atom is 0.414 e. The minimum absolute atomic E-state index is 0.0629. The van der Waals surface area contributed by atoms with Crippen molar-refractivity contribution in [1.82, 2.24) is 14.8 Å². The average molecular weight is 559 g/mol. The minimum Gasteiger partial charge on any atom is -0.495 e. The summed E-state index contributed by atoms with van der Waals surface area (Å²) in [7, 11) is -2.03. The van der Waals surface area contributed by atoms with Gasteiger partial charge in [-0.05, 0) is 53.8 Å². The molecular weight excluding hydrogens is 536 g/mol. The van der Waals surface area contributed by atoms with E-state index in [4.69, 9.17) is 21.1 Å². The number of anilines is 1. The molecule has 5 rings (SSSR count). The third kappa shape index (κ3) is 5.48. The predicted molar refractivity (Wildman–Crippen MR) is 143 cm³/mol. The Hall–Kier alpha value is -3.41. The van der Waals surface area contributed by atoms with Gasteiger partial charge in [0, 0.05) is 10.7 Å². The van der Waals surface area contributed by atoms with Gasteiger partial charge in [-0.1, -0.05) is 29.8 Å². The van der Waals surface area contributed by atoms with Gasteiger partial charge in [0.1, 0.15) is 18.1 Å². The summed E-state index contributed by atoms with van der Waals surface area (Å²) in [5, 5.41) is 11.1. The van der Waals surface area contributed by atoms with E-state index in [1.165, 1.54) is 23.3 Å². The Balaban J connectivity index is 1.53. The zero-order valence-corrected chi connectivity index (χ0v) is 22.2. The van der Waals surface area contributed by atoms with E-state index in [0.717, 1.165) is 10.4 Å². The molecule has 1 fully saturated rings. The number of benzene rings is 2. The number of aromatic nitrogens is 3. The molecule has 1 aliphatic rings. The standard InChI is InChI=1S/C25H23ClN4O5S2/c1-34-21-9-8-19(29-11-12-35-25(29)31)15-20(21)30-23(27-28-24(30)22-3-2-13-36-22)16-37(32,33)14-10-17-4-6-18(26)7-5-17/h2-9,13,15H,10-12,14,16H2,1H3. The van der Waals surface area contributed by atoms with Crippen LogP contribution in [0.4, 0.5) is 10.5 Å². The first-order valence-electron chi connectivity index (χ1n) is 11.4. The van der Waals surface area contributed by atoms with Crippen LogP contribution in [0.5, 0.6) is 5.75 Å². The molecule has 9 nitrogen and oxygen atoms in total. The number of cyclic esters (lactones) is 1. The number of methoxy groups -OCH3 is 1. The number of nitrogens with zero attached hydrogens (tertiary/aromatic N) is 4. The van der Waals surface area contributed by atoms with Gasteiger partial charge in [-0.25, -0.2) is 13.2 Å². The zero-order valence-electron chi connectivity index (χ0n) is 19.8. The van der Waals surface area contributed by atoms with E-state index in [0.29, 0.717) is 47.5 Å². The molecule has 0 saturated carbocycles. The predicted octanol–water partition coefficient (Wildman–Crippen LogP) is 4.77. The lowest BCUT2D eigenvalue weighted by Crippen LogP contribution is -2.23. The van der Waals surface area contributed by atoms with Crippen molar-refractivity contribution in [3.05, 3.63) is 76.4 Å². The molecule has 0 unspecified atom stereocenters. The molecule has 1 aliphatic heterocycles. The number of carbonyl (C=O) groups excluding carboxylic acids is 1. The maximum atomic E-state index is 13.2. The molecular formula is C25H23ClN4O5S2. The van der Waals surface area contributed by atoms with Crippen molar-refractivity contribution in [2.45, 2.75) is 12.2 Å². The summed E-state index contributed by atoms with van der Waals surface area (Å²) in [4.78, 5) is 14.5. The van der Waals surface area contributed by atoms with Crippen LogP contribution in [0.3, 0.4) is 0 Å². The Bertz CT molecular complexity index is 1520. The van der Waals surface area contributed by atoms with E-state index < -0.39 is 15.9 Å². The first-order chi connectivity index (χ1) is 17.8. The van der Waals surface area contributed by atoms with Gasteiger partial charge in [-0.15, -0.1) is 21.5 Å². The van der Waals surface area contributed by atoms with Gasteiger partial charge in [-0.3, -0.25) is 9.47 Å². The molecule has 0 spiro atoms. The second-order valence-corrected chi connectivity index (χ2v) is 11.9. The Morgan fingerprint density at radius 1 is 1.14 bits per heavy atom. The highest BCUT2D eigenvalue weighted by atomic mass is 35.5. The summed E-state index contributed by atoms with van der Waals surface area (Å²) >= 11 is 7.40. The zero-order chi connectivity index (χ0) is 26.0. The molecule has 192 valence electrons. The third-order valence-corrected chi connectivity index (χ3v) is 8.55. The quantitative estimate of drug-likeness (QED) is 0.291. The van der Waals surface area contributed by atoms with Crippen LogP contribution in [0.15, 0.2) is 60.0 Å². The summed E-state index contributed by atoms with van der Waals surface area (Å²) in [5.41, 5.74) is 2.00. The lowest BCUT2D eigenvalue weighted by Gasteiger charge is -2.18. The lowest BCUT2D eigenvalue weighted by atomic mass is 10.2. The summed E-state index contributed by atoms with van der Waals surface area (Å²) < 4.78 is 38.8. The largest absolute Gasteiger partial charge is 0.495 e. The van der Waals surface area contributed by atoms with Gasteiger partial charge in [-0.2, -0.15) is 0 Å². The Labute approximate surface area is 223 Å². The molecule has 0 aliphatic carbocycles. The van der Waals surface area contributed by atoms with Gasteiger partial charge in [0.05, 0.1) is 30.0 Å². The molecule has 12 heteroatoms. The van der Waals surface area contributed by atoms with Gasteiger partial charge >= 0.3 is 6.09 Å². The molecule has 37 heavy (non-hydrogen) atoms. The van der Waals surface area contributed by atoms with Crippen LogP contribution in [-0.2, 0) is 26.7 Å². The highest BCUT2D eigenvalue weighted by molar-refractivity contribution is 7.90. The molecule has 0 atom stereocenters. The van der Waals surface area contributed by atoms with Crippen molar-refractivity contribution in [2.24, 2.45) is 0 Å². The second kappa shape index (κ2) is 10.5. The number of carbonyl (C=O) groups is 1. The fourth-order valence-electron chi connectivity index (χ4n) is 4.07. The molecule has 0 bridgehead atoms. The third-order valence-electron chi connectivity index (χ3n) is 5.91. The van der Waals surface area contributed by atoms with Gasteiger partial charge < -0.3 is 9.47 Å². The summed E-state index contributed by atoms with van der Waals surface area (Å²) in [5.74, 6) is 0.829. The van der Waals surface area contributed by atoms with E-state index in [2.05, 4.69) is 10.2 Å². The fraction of sp³-hybridized carbons (Fsp3) is 0.240. The Morgan fingerprint density at radius 2 is 1.95 bits per heavy atom. The van der Waals surface area contributed by atoms with Crippen molar-refractivity contribution < 1.29 is 22.7 Å². The van der Waals surface area contributed by atoms with Crippen LogP contribution in [-0.4, -0.2) is 55.3 Å². The van der Waals surface area contributed by atoms with E-state index in [1.807, 2.05) is 29.6 Å². The summed E-state index contributed by atoms with van der Waals surface area (Å²) in [6.07, 6.45) is -0.0928. The van der Waals surface area contributed by atoms with Crippen LogP contribution in [0.2, 0.25) is 5.02 Å². The molecule has 1 saturated heterocycles. The van der Waals surface area contributed by atoms with Crippen LogP contribution in [0.1, 0.15) is 11.4 Å². The van der Waals surface area contributed by atoms with Crippen molar-refractivity contribution >= 4 is 44.6 Å². The van der Waals surface area contributed by atoms with Crippen molar-refractivity contribution in [1.29, 1.82) is 0 Å². The van der Waals surface area contributed by atoms with E-state index in [9.17, 15) is 13.2 Å². The molecule has 2 aromatic carbocycles. The Morgan fingerprint density at radius 3 is 2.62 bits per heavy atom. The van der Waals surface area contributed by atoms with E-state index in [1.54, 1.807) is 34.9 Å².